The summed E-state index contributed by atoms with van der Waals surface area (Å²) in [6.07, 6.45) is 3.11. The van der Waals surface area contributed by atoms with Gasteiger partial charge in [-0.1, -0.05) is 12.1 Å². The highest BCUT2D eigenvalue weighted by atomic mass is 16.5. The van der Waals surface area contributed by atoms with Crippen LogP contribution in [0.3, 0.4) is 0 Å². The zero-order valence-corrected chi connectivity index (χ0v) is 17.9. The van der Waals surface area contributed by atoms with Gasteiger partial charge in [-0.05, 0) is 66.9 Å². The molecule has 1 aliphatic heterocycles. The monoisotopic (exact) mass is 430 g/mol. The number of rotatable bonds is 4. The summed E-state index contributed by atoms with van der Waals surface area (Å²) in [7, 11) is 1.55. The van der Waals surface area contributed by atoms with Crippen molar-refractivity contribution < 1.29 is 24.5 Å². The second-order valence-corrected chi connectivity index (χ2v) is 7.63. The van der Waals surface area contributed by atoms with Gasteiger partial charge in [-0.3, -0.25) is 19.5 Å². The van der Waals surface area contributed by atoms with E-state index >= 15 is 0 Å². The topological polar surface area (TPSA) is 100.0 Å². The molecule has 1 amide bonds. The predicted molar refractivity (Wildman–Crippen MR) is 120 cm³/mol. The van der Waals surface area contributed by atoms with Crippen LogP contribution in [0.15, 0.2) is 66.5 Å². The van der Waals surface area contributed by atoms with E-state index in [1.165, 1.54) is 17.2 Å². The summed E-state index contributed by atoms with van der Waals surface area (Å²) in [5, 5.41) is 21.7. The Labute approximate surface area is 185 Å². The number of anilines is 1. The summed E-state index contributed by atoms with van der Waals surface area (Å²) >= 11 is 0. The Morgan fingerprint density at radius 1 is 1.09 bits per heavy atom. The Bertz CT molecular complexity index is 1250. The number of benzene rings is 2. The Hall–Kier alpha value is -4.13. The number of aryl methyl sites for hydroxylation is 2. The number of methoxy groups -OCH3 is 1. The average Bonchev–Trinajstić information content (AvgIpc) is 3.06. The van der Waals surface area contributed by atoms with Crippen molar-refractivity contribution in [1.82, 2.24) is 4.98 Å². The van der Waals surface area contributed by atoms with Crippen LogP contribution < -0.4 is 9.64 Å². The van der Waals surface area contributed by atoms with Crippen LogP contribution in [-0.2, 0) is 9.59 Å². The number of phenolic OH excluding ortho intramolecular Hbond substituents is 1. The molecule has 2 heterocycles. The normalized spacial score (nSPS) is 17.6. The Balaban J connectivity index is 1.96. The highest BCUT2D eigenvalue weighted by molar-refractivity contribution is 6.51. The SMILES string of the molecule is COc1ccc(/C(O)=C2/C(=O)C(=O)N(c3cc(C)ccc3O)C2c2cccnc2)cc1C. The second-order valence-electron chi connectivity index (χ2n) is 7.63. The van der Waals surface area contributed by atoms with E-state index in [-0.39, 0.29) is 22.8 Å². The van der Waals surface area contributed by atoms with Crippen molar-refractivity contribution in [2.24, 2.45) is 0 Å². The van der Waals surface area contributed by atoms with Gasteiger partial charge in [-0.15, -0.1) is 0 Å². The van der Waals surface area contributed by atoms with Gasteiger partial charge in [0.05, 0.1) is 24.4 Å². The number of nitrogens with zero attached hydrogens (tertiary/aromatic N) is 2. The molecule has 1 saturated heterocycles. The number of aliphatic hydroxyl groups excluding tert-OH is 1. The molecule has 1 atom stereocenters. The number of phenols is 1. The number of aromatic hydroxyl groups is 1. The minimum atomic E-state index is -0.959. The molecule has 2 N–H and O–H groups in total. The number of hydrogen-bond acceptors (Lipinski definition) is 6. The summed E-state index contributed by atoms with van der Waals surface area (Å²) < 4.78 is 5.27. The number of Topliss-reactive ketones (excluding diaryl/α,β-unsaturated/α-hetero) is 1. The van der Waals surface area contributed by atoms with Crippen LogP contribution in [0, 0.1) is 13.8 Å². The fourth-order valence-electron chi connectivity index (χ4n) is 3.94. The molecule has 1 aliphatic rings. The maximum Gasteiger partial charge on any atom is 0.300 e. The lowest BCUT2D eigenvalue weighted by molar-refractivity contribution is -0.132. The fraction of sp³-hybridized carbons (Fsp3) is 0.160. The maximum atomic E-state index is 13.2. The quantitative estimate of drug-likeness (QED) is 0.368. The number of hydrogen-bond donors (Lipinski definition) is 2. The Kier molecular flexibility index (Phi) is 5.40. The largest absolute Gasteiger partial charge is 0.507 e. The molecule has 0 radical (unpaired) electrons. The summed E-state index contributed by atoms with van der Waals surface area (Å²) in [5.41, 5.74) is 2.58. The van der Waals surface area contributed by atoms with Crippen LogP contribution in [0.5, 0.6) is 11.5 Å². The molecule has 0 aliphatic carbocycles. The molecule has 162 valence electrons. The van der Waals surface area contributed by atoms with Crippen LogP contribution in [0.4, 0.5) is 5.69 Å². The highest BCUT2D eigenvalue weighted by Gasteiger charge is 2.47. The van der Waals surface area contributed by atoms with Crippen LogP contribution in [0.1, 0.15) is 28.3 Å². The smallest absolute Gasteiger partial charge is 0.300 e. The van der Waals surface area contributed by atoms with Crippen LogP contribution in [0.25, 0.3) is 5.76 Å². The first-order valence-corrected chi connectivity index (χ1v) is 9.99. The molecule has 1 aromatic heterocycles. The molecule has 1 unspecified atom stereocenters. The summed E-state index contributed by atoms with van der Waals surface area (Å²) in [4.78, 5) is 31.6. The molecule has 0 bridgehead atoms. The van der Waals surface area contributed by atoms with Crippen LogP contribution in [0.2, 0.25) is 0 Å². The molecule has 3 aromatic rings. The fourth-order valence-corrected chi connectivity index (χ4v) is 3.94. The van der Waals surface area contributed by atoms with E-state index in [0.717, 1.165) is 11.1 Å². The van der Waals surface area contributed by atoms with Crippen molar-refractivity contribution in [3.63, 3.8) is 0 Å². The van der Waals surface area contributed by atoms with Crippen LogP contribution >= 0.6 is 0 Å². The van der Waals surface area contributed by atoms with Gasteiger partial charge in [0.1, 0.15) is 17.3 Å². The third-order valence-corrected chi connectivity index (χ3v) is 5.50. The third-order valence-electron chi connectivity index (χ3n) is 5.50. The summed E-state index contributed by atoms with van der Waals surface area (Å²) in [5.74, 6) is -1.50. The molecule has 0 saturated carbocycles. The van der Waals surface area contributed by atoms with E-state index in [4.69, 9.17) is 4.74 Å². The Morgan fingerprint density at radius 2 is 1.88 bits per heavy atom. The van der Waals surface area contributed by atoms with Gasteiger partial charge in [0.15, 0.2) is 0 Å². The van der Waals surface area contributed by atoms with E-state index in [1.807, 2.05) is 13.8 Å². The lowest BCUT2D eigenvalue weighted by atomic mass is 9.95. The standard InChI is InChI=1S/C25H22N2O5/c1-14-6-8-19(28)18(11-14)27-22(17-5-4-10-26-13-17)21(24(30)25(27)31)23(29)16-7-9-20(32-3)15(2)12-16/h4-13,22,28-29H,1-3H3/b23-21-. The van der Waals surface area contributed by atoms with Crippen molar-refractivity contribution in [2.75, 3.05) is 12.0 Å². The molecular weight excluding hydrogens is 408 g/mol. The molecule has 1 fully saturated rings. The molecule has 0 spiro atoms. The average molecular weight is 430 g/mol. The summed E-state index contributed by atoms with van der Waals surface area (Å²) in [6.45, 7) is 3.64. The first-order valence-electron chi connectivity index (χ1n) is 9.99. The predicted octanol–water partition coefficient (Wildman–Crippen LogP) is 4.04. The highest BCUT2D eigenvalue weighted by Crippen LogP contribution is 2.44. The molecule has 7 heteroatoms. The van der Waals surface area contributed by atoms with E-state index in [9.17, 15) is 19.8 Å². The Morgan fingerprint density at radius 3 is 2.53 bits per heavy atom. The number of pyridine rings is 1. The van der Waals surface area contributed by atoms with Gasteiger partial charge in [0, 0.05) is 18.0 Å². The minimum absolute atomic E-state index is 0.0755. The van der Waals surface area contributed by atoms with E-state index in [0.29, 0.717) is 16.9 Å². The number of carbonyl (C=O) groups excluding carboxylic acids is 2. The van der Waals surface area contributed by atoms with Crippen molar-refractivity contribution >= 4 is 23.1 Å². The zero-order chi connectivity index (χ0) is 23.0. The van der Waals surface area contributed by atoms with Gasteiger partial charge in [0.25, 0.3) is 11.7 Å². The number of amides is 1. The van der Waals surface area contributed by atoms with Crippen molar-refractivity contribution in [1.29, 1.82) is 0 Å². The molecule has 7 nitrogen and oxygen atoms in total. The van der Waals surface area contributed by atoms with Crippen molar-refractivity contribution in [3.8, 4) is 11.5 Å². The lowest BCUT2D eigenvalue weighted by Gasteiger charge is -2.26. The number of ether oxygens (including phenoxy) is 1. The summed E-state index contributed by atoms with van der Waals surface area (Å²) in [6, 6.07) is 12.2. The number of carbonyl (C=O) groups is 2. The van der Waals surface area contributed by atoms with Gasteiger partial charge in [-0.2, -0.15) is 0 Å². The third kappa shape index (κ3) is 3.47. The zero-order valence-electron chi connectivity index (χ0n) is 17.9. The number of ketones is 1. The number of aliphatic hydroxyl groups is 1. The maximum absolute atomic E-state index is 13.2. The minimum Gasteiger partial charge on any atom is -0.507 e. The molecule has 32 heavy (non-hydrogen) atoms. The van der Waals surface area contributed by atoms with E-state index in [2.05, 4.69) is 4.98 Å². The molecule has 4 rings (SSSR count). The van der Waals surface area contributed by atoms with Crippen LogP contribution in [-0.4, -0.2) is 34.0 Å². The van der Waals surface area contributed by atoms with Crippen molar-refractivity contribution in [3.05, 3.63) is 88.8 Å². The number of aromatic nitrogens is 1. The lowest BCUT2D eigenvalue weighted by Crippen LogP contribution is -2.29. The van der Waals surface area contributed by atoms with E-state index in [1.54, 1.807) is 55.8 Å². The van der Waals surface area contributed by atoms with Crippen molar-refractivity contribution in [2.45, 2.75) is 19.9 Å². The van der Waals surface area contributed by atoms with Gasteiger partial charge >= 0.3 is 0 Å². The molecular formula is C25H22N2O5. The van der Waals surface area contributed by atoms with Gasteiger partial charge in [0.2, 0.25) is 0 Å². The van der Waals surface area contributed by atoms with E-state index < -0.39 is 17.7 Å². The first-order chi connectivity index (χ1) is 15.3. The first kappa shape index (κ1) is 21.1. The molecule has 2 aromatic carbocycles. The second kappa shape index (κ2) is 8.19. The van der Waals surface area contributed by atoms with Gasteiger partial charge in [-0.25, -0.2) is 0 Å². The van der Waals surface area contributed by atoms with Gasteiger partial charge < -0.3 is 14.9 Å².